The molecule has 1 aromatic carbocycles. The minimum atomic E-state index is -0.350. The minimum Gasteiger partial charge on any atom is -0.325 e. The Morgan fingerprint density at radius 3 is 2.57 bits per heavy atom. The van der Waals surface area contributed by atoms with Crippen LogP contribution in [-0.4, -0.2) is 16.8 Å². The van der Waals surface area contributed by atoms with Crippen LogP contribution in [0.25, 0.3) is 0 Å². The first-order valence-electron chi connectivity index (χ1n) is 6.42. The maximum Gasteiger partial charge on any atom is 0.258 e. The molecule has 0 atom stereocenters. The van der Waals surface area contributed by atoms with E-state index in [1.807, 2.05) is 0 Å². The summed E-state index contributed by atoms with van der Waals surface area (Å²) in [5, 5.41) is 5.84. The fourth-order valence-electron chi connectivity index (χ4n) is 1.66. The molecule has 21 heavy (non-hydrogen) atoms. The summed E-state index contributed by atoms with van der Waals surface area (Å²) in [5.74, 6) is -0.113. The van der Waals surface area contributed by atoms with E-state index in [1.54, 1.807) is 43.3 Å². The smallest absolute Gasteiger partial charge is 0.258 e. The van der Waals surface area contributed by atoms with Crippen molar-refractivity contribution < 1.29 is 9.59 Å². The average Bonchev–Trinajstić information content (AvgIpc) is 2.50. The fraction of sp³-hybridized carbons (Fsp3) is 0.133. The molecule has 0 fully saturated rings. The summed E-state index contributed by atoms with van der Waals surface area (Å²) in [6, 6.07) is 10.0. The van der Waals surface area contributed by atoms with Gasteiger partial charge in [0.25, 0.3) is 5.91 Å². The van der Waals surface area contributed by atoms with Gasteiger partial charge in [-0.05, 0) is 24.3 Å². The van der Waals surface area contributed by atoms with Crippen LogP contribution in [-0.2, 0) is 4.79 Å². The van der Waals surface area contributed by atoms with Gasteiger partial charge in [-0.1, -0.05) is 30.7 Å². The predicted octanol–water partition coefficient (Wildman–Crippen LogP) is 3.34. The molecular weight excluding hydrogens is 290 g/mol. The molecular formula is C15H14ClN3O2. The van der Waals surface area contributed by atoms with E-state index in [0.717, 1.165) is 0 Å². The van der Waals surface area contributed by atoms with Gasteiger partial charge in [0.05, 0.1) is 16.3 Å². The first kappa shape index (κ1) is 15.0. The summed E-state index contributed by atoms with van der Waals surface area (Å²) in [6.07, 6.45) is 1.79. The van der Waals surface area contributed by atoms with Gasteiger partial charge in [-0.25, -0.2) is 4.98 Å². The SMILES string of the molecule is CCC(=O)Nc1ccccc1C(=O)Nc1ccc(Cl)cn1. The monoisotopic (exact) mass is 303 g/mol. The summed E-state index contributed by atoms with van der Waals surface area (Å²) in [7, 11) is 0. The zero-order valence-electron chi connectivity index (χ0n) is 11.4. The summed E-state index contributed by atoms with van der Waals surface area (Å²) < 4.78 is 0. The largest absolute Gasteiger partial charge is 0.325 e. The Labute approximate surface area is 127 Å². The van der Waals surface area contributed by atoms with E-state index in [2.05, 4.69) is 15.6 Å². The Kier molecular flexibility index (Phi) is 4.90. The van der Waals surface area contributed by atoms with Crippen LogP contribution in [0.4, 0.5) is 11.5 Å². The Morgan fingerprint density at radius 2 is 1.90 bits per heavy atom. The van der Waals surface area contributed by atoms with Crippen molar-refractivity contribution >= 4 is 34.9 Å². The van der Waals surface area contributed by atoms with Crippen LogP contribution in [0.1, 0.15) is 23.7 Å². The number of benzene rings is 1. The van der Waals surface area contributed by atoms with Crippen LogP contribution >= 0.6 is 11.6 Å². The lowest BCUT2D eigenvalue weighted by atomic mass is 10.1. The number of hydrogen-bond donors (Lipinski definition) is 2. The number of carbonyl (C=O) groups is 2. The number of aromatic nitrogens is 1. The summed E-state index contributed by atoms with van der Waals surface area (Å²) >= 11 is 5.74. The van der Waals surface area contributed by atoms with Gasteiger partial charge < -0.3 is 10.6 Å². The zero-order chi connectivity index (χ0) is 15.2. The van der Waals surface area contributed by atoms with Gasteiger partial charge in [-0.15, -0.1) is 0 Å². The first-order valence-corrected chi connectivity index (χ1v) is 6.79. The van der Waals surface area contributed by atoms with Crippen LogP contribution in [0.5, 0.6) is 0 Å². The van der Waals surface area contributed by atoms with Crippen molar-refractivity contribution in [1.29, 1.82) is 0 Å². The highest BCUT2D eigenvalue weighted by atomic mass is 35.5. The highest BCUT2D eigenvalue weighted by Crippen LogP contribution is 2.17. The van der Waals surface area contributed by atoms with E-state index in [1.165, 1.54) is 6.20 Å². The molecule has 0 bridgehead atoms. The number of anilines is 2. The molecule has 5 nitrogen and oxygen atoms in total. The van der Waals surface area contributed by atoms with Crippen LogP contribution in [0.3, 0.4) is 0 Å². The van der Waals surface area contributed by atoms with E-state index in [9.17, 15) is 9.59 Å². The summed E-state index contributed by atoms with van der Waals surface area (Å²) in [6.45, 7) is 1.75. The number of nitrogens with one attached hydrogen (secondary N) is 2. The highest BCUT2D eigenvalue weighted by molar-refractivity contribution is 6.30. The molecule has 1 heterocycles. The molecule has 0 saturated heterocycles. The number of halogens is 1. The fourth-order valence-corrected chi connectivity index (χ4v) is 1.77. The number of pyridine rings is 1. The first-order chi connectivity index (χ1) is 10.1. The van der Waals surface area contributed by atoms with Crippen molar-refractivity contribution in [2.75, 3.05) is 10.6 Å². The topological polar surface area (TPSA) is 71.1 Å². The molecule has 0 aliphatic rings. The second-order valence-electron chi connectivity index (χ2n) is 4.26. The van der Waals surface area contributed by atoms with Gasteiger partial charge in [0, 0.05) is 12.6 Å². The third kappa shape index (κ3) is 4.03. The number of amides is 2. The predicted molar refractivity (Wildman–Crippen MR) is 82.6 cm³/mol. The van der Waals surface area contributed by atoms with Crippen LogP contribution in [0.15, 0.2) is 42.6 Å². The van der Waals surface area contributed by atoms with E-state index < -0.39 is 0 Å². The van der Waals surface area contributed by atoms with Gasteiger partial charge in [0.15, 0.2) is 0 Å². The van der Waals surface area contributed by atoms with E-state index in [-0.39, 0.29) is 11.8 Å². The molecule has 0 unspecified atom stereocenters. The molecule has 0 aliphatic carbocycles. The van der Waals surface area contributed by atoms with Crippen LogP contribution in [0, 0.1) is 0 Å². The van der Waals surface area contributed by atoms with Crippen molar-refractivity contribution in [1.82, 2.24) is 4.98 Å². The standard InChI is InChI=1S/C15H14ClN3O2/c1-2-14(20)18-12-6-4-3-5-11(12)15(21)19-13-8-7-10(16)9-17-13/h3-9H,2H2,1H3,(H,18,20)(H,17,19,21). The molecule has 0 aliphatic heterocycles. The number of hydrogen-bond acceptors (Lipinski definition) is 3. The molecule has 0 spiro atoms. The van der Waals surface area contributed by atoms with E-state index >= 15 is 0 Å². The molecule has 2 rings (SSSR count). The van der Waals surface area contributed by atoms with Crippen LogP contribution in [0.2, 0.25) is 5.02 Å². The quantitative estimate of drug-likeness (QED) is 0.910. The maximum atomic E-state index is 12.3. The molecule has 108 valence electrons. The Bertz CT molecular complexity index is 656. The van der Waals surface area contributed by atoms with Gasteiger partial charge in [-0.2, -0.15) is 0 Å². The maximum absolute atomic E-state index is 12.3. The lowest BCUT2D eigenvalue weighted by molar-refractivity contribution is -0.115. The molecule has 1 aromatic heterocycles. The van der Waals surface area contributed by atoms with E-state index in [4.69, 9.17) is 11.6 Å². The second kappa shape index (κ2) is 6.85. The molecule has 0 radical (unpaired) electrons. The number of rotatable bonds is 4. The van der Waals surface area contributed by atoms with E-state index in [0.29, 0.717) is 28.5 Å². The van der Waals surface area contributed by atoms with Crippen molar-refractivity contribution in [2.24, 2.45) is 0 Å². The Balaban J connectivity index is 2.18. The third-order valence-electron chi connectivity index (χ3n) is 2.74. The minimum absolute atomic E-state index is 0.153. The zero-order valence-corrected chi connectivity index (χ0v) is 12.1. The molecule has 0 saturated carbocycles. The molecule has 6 heteroatoms. The normalized spacial score (nSPS) is 10.0. The van der Waals surface area contributed by atoms with Crippen molar-refractivity contribution in [3.05, 3.63) is 53.2 Å². The number of nitrogens with zero attached hydrogens (tertiary/aromatic N) is 1. The Morgan fingerprint density at radius 1 is 1.14 bits per heavy atom. The molecule has 2 aromatic rings. The average molecular weight is 304 g/mol. The second-order valence-corrected chi connectivity index (χ2v) is 4.70. The highest BCUT2D eigenvalue weighted by Gasteiger charge is 2.13. The molecule has 2 N–H and O–H groups in total. The van der Waals surface area contributed by atoms with Crippen LogP contribution < -0.4 is 10.6 Å². The van der Waals surface area contributed by atoms with Crippen molar-refractivity contribution in [2.45, 2.75) is 13.3 Å². The lowest BCUT2D eigenvalue weighted by Gasteiger charge is -2.10. The lowest BCUT2D eigenvalue weighted by Crippen LogP contribution is -2.17. The third-order valence-corrected chi connectivity index (χ3v) is 2.96. The van der Waals surface area contributed by atoms with Gasteiger partial charge in [0.1, 0.15) is 5.82 Å². The number of carbonyl (C=O) groups excluding carboxylic acids is 2. The molecule has 2 amide bonds. The Hall–Kier alpha value is -2.40. The van der Waals surface area contributed by atoms with Crippen molar-refractivity contribution in [3.63, 3.8) is 0 Å². The van der Waals surface area contributed by atoms with Crippen molar-refractivity contribution in [3.8, 4) is 0 Å². The van der Waals surface area contributed by atoms with Gasteiger partial charge in [0.2, 0.25) is 5.91 Å². The number of para-hydroxylation sites is 1. The summed E-state index contributed by atoms with van der Waals surface area (Å²) in [5.41, 5.74) is 0.840. The van der Waals surface area contributed by atoms with Gasteiger partial charge >= 0.3 is 0 Å². The van der Waals surface area contributed by atoms with Gasteiger partial charge in [-0.3, -0.25) is 9.59 Å². The summed E-state index contributed by atoms with van der Waals surface area (Å²) in [4.78, 5) is 27.7.